The lowest BCUT2D eigenvalue weighted by Crippen LogP contribution is -2.33. The van der Waals surface area contributed by atoms with Gasteiger partial charge in [0.1, 0.15) is 5.84 Å². The Morgan fingerprint density at radius 1 is 1.28 bits per heavy atom. The quantitative estimate of drug-likeness (QED) is 0.195. The Labute approximate surface area is 112 Å². The average molecular weight is 257 g/mol. The second-order valence-electron chi connectivity index (χ2n) is 6.30. The Kier molecular flexibility index (Phi) is 8.00. The normalized spacial score (nSPS) is 15.1. The first kappa shape index (κ1) is 17.2. The maximum absolute atomic E-state index is 8.68. The Hall–Kier alpha value is -0.770. The van der Waals surface area contributed by atoms with Gasteiger partial charge < -0.3 is 16.3 Å². The Morgan fingerprint density at radius 2 is 1.89 bits per heavy atom. The van der Waals surface area contributed by atoms with Crippen LogP contribution in [0.15, 0.2) is 5.16 Å². The van der Waals surface area contributed by atoms with Gasteiger partial charge in [-0.1, -0.05) is 32.9 Å². The molecule has 18 heavy (non-hydrogen) atoms. The summed E-state index contributed by atoms with van der Waals surface area (Å²) in [5, 5.41) is 15.3. The van der Waals surface area contributed by atoms with Crippen molar-refractivity contribution in [2.24, 2.45) is 22.2 Å². The third kappa shape index (κ3) is 7.54. The van der Waals surface area contributed by atoms with E-state index < -0.39 is 0 Å². The lowest BCUT2D eigenvalue weighted by atomic mass is 9.86. The van der Waals surface area contributed by atoms with Crippen LogP contribution in [0, 0.1) is 11.3 Å². The van der Waals surface area contributed by atoms with Gasteiger partial charge >= 0.3 is 0 Å². The van der Waals surface area contributed by atoms with Gasteiger partial charge in [0.2, 0.25) is 0 Å². The molecule has 4 nitrogen and oxygen atoms in total. The number of nitrogens with one attached hydrogen (secondary N) is 1. The number of rotatable bonds is 9. The minimum atomic E-state index is -0.225. The van der Waals surface area contributed by atoms with Gasteiger partial charge in [0.25, 0.3) is 0 Å². The highest BCUT2D eigenvalue weighted by Gasteiger charge is 2.22. The van der Waals surface area contributed by atoms with Crippen molar-refractivity contribution in [1.82, 2.24) is 5.32 Å². The second kappa shape index (κ2) is 8.35. The van der Waals surface area contributed by atoms with Gasteiger partial charge in [0.15, 0.2) is 0 Å². The summed E-state index contributed by atoms with van der Waals surface area (Å²) in [6.07, 6.45) is 4.45. The van der Waals surface area contributed by atoms with E-state index in [0.29, 0.717) is 11.9 Å². The van der Waals surface area contributed by atoms with Crippen LogP contribution in [-0.2, 0) is 0 Å². The number of hydrogen-bond donors (Lipinski definition) is 3. The largest absolute Gasteiger partial charge is 0.409 e. The van der Waals surface area contributed by atoms with Gasteiger partial charge in [-0.15, -0.1) is 0 Å². The van der Waals surface area contributed by atoms with E-state index in [1.54, 1.807) is 0 Å². The molecule has 0 aromatic heterocycles. The maximum atomic E-state index is 8.68. The van der Waals surface area contributed by atoms with Crippen molar-refractivity contribution in [3.8, 4) is 0 Å². The van der Waals surface area contributed by atoms with E-state index in [1.165, 1.54) is 12.8 Å². The van der Waals surface area contributed by atoms with Crippen LogP contribution in [0.2, 0.25) is 0 Å². The Morgan fingerprint density at radius 3 is 2.39 bits per heavy atom. The zero-order chi connectivity index (χ0) is 14.2. The topological polar surface area (TPSA) is 70.6 Å². The Bertz CT molecular complexity index is 249. The molecule has 4 heteroatoms. The van der Waals surface area contributed by atoms with Gasteiger partial charge in [-0.2, -0.15) is 0 Å². The maximum Gasteiger partial charge on any atom is 0.144 e. The molecule has 0 aliphatic rings. The van der Waals surface area contributed by atoms with E-state index in [1.807, 2.05) is 13.8 Å². The van der Waals surface area contributed by atoms with Crippen molar-refractivity contribution >= 4 is 5.84 Å². The zero-order valence-electron chi connectivity index (χ0n) is 12.7. The first-order valence-corrected chi connectivity index (χ1v) is 7.01. The number of amidine groups is 1. The number of nitrogens with zero attached hydrogens (tertiary/aromatic N) is 1. The number of nitrogens with two attached hydrogens (primary N) is 1. The molecule has 0 aromatic rings. The first-order valence-electron chi connectivity index (χ1n) is 7.01. The molecule has 0 saturated carbocycles. The highest BCUT2D eigenvalue weighted by atomic mass is 16.4. The van der Waals surface area contributed by atoms with Gasteiger partial charge in [0, 0.05) is 11.5 Å². The third-order valence-electron chi connectivity index (χ3n) is 3.45. The fourth-order valence-corrected chi connectivity index (χ4v) is 1.83. The molecule has 0 amide bonds. The molecule has 1 atom stereocenters. The van der Waals surface area contributed by atoms with Crippen LogP contribution < -0.4 is 11.1 Å². The first-order chi connectivity index (χ1) is 8.29. The molecule has 0 fully saturated rings. The predicted octanol–water partition coefficient (Wildman–Crippen LogP) is 2.95. The molecule has 0 spiro atoms. The lowest BCUT2D eigenvalue weighted by Gasteiger charge is -2.23. The third-order valence-corrected chi connectivity index (χ3v) is 3.45. The van der Waals surface area contributed by atoms with E-state index in [0.717, 1.165) is 25.3 Å². The number of hydrogen-bond acceptors (Lipinski definition) is 3. The van der Waals surface area contributed by atoms with E-state index >= 15 is 0 Å². The summed E-state index contributed by atoms with van der Waals surface area (Å²) in [6.45, 7) is 11.7. The monoisotopic (exact) mass is 257 g/mol. The molecular weight excluding hydrogens is 226 g/mol. The molecule has 0 aromatic carbocycles. The van der Waals surface area contributed by atoms with Crippen molar-refractivity contribution in [1.29, 1.82) is 0 Å². The zero-order valence-corrected chi connectivity index (χ0v) is 12.7. The summed E-state index contributed by atoms with van der Waals surface area (Å²) in [5.41, 5.74) is 5.43. The van der Waals surface area contributed by atoms with Crippen LogP contribution >= 0.6 is 0 Å². The van der Waals surface area contributed by atoms with Gasteiger partial charge in [-0.25, -0.2) is 0 Å². The number of oxime groups is 1. The van der Waals surface area contributed by atoms with Crippen molar-refractivity contribution in [3.05, 3.63) is 0 Å². The van der Waals surface area contributed by atoms with Crippen LogP contribution in [0.25, 0.3) is 0 Å². The smallest absolute Gasteiger partial charge is 0.144 e. The van der Waals surface area contributed by atoms with Gasteiger partial charge in [-0.05, 0) is 45.1 Å². The molecule has 0 heterocycles. The molecule has 0 aliphatic heterocycles. The van der Waals surface area contributed by atoms with E-state index in [4.69, 9.17) is 10.9 Å². The minimum absolute atomic E-state index is 0.225. The van der Waals surface area contributed by atoms with Crippen molar-refractivity contribution in [2.45, 2.75) is 66.3 Å². The SMILES string of the molecule is CC(C)CCC(C)NCCCC(C)(C)C(N)=NO. The molecule has 4 N–H and O–H groups in total. The summed E-state index contributed by atoms with van der Waals surface area (Å²) >= 11 is 0. The summed E-state index contributed by atoms with van der Waals surface area (Å²) in [6, 6.07) is 0.569. The lowest BCUT2D eigenvalue weighted by molar-refractivity contribution is 0.304. The molecular formula is C14H31N3O. The molecule has 0 bridgehead atoms. The fraction of sp³-hybridized carbons (Fsp3) is 0.929. The van der Waals surface area contributed by atoms with Crippen LogP contribution in [0.1, 0.15) is 60.3 Å². The van der Waals surface area contributed by atoms with Crippen molar-refractivity contribution < 1.29 is 5.21 Å². The van der Waals surface area contributed by atoms with Crippen molar-refractivity contribution in [3.63, 3.8) is 0 Å². The van der Waals surface area contributed by atoms with Crippen LogP contribution in [-0.4, -0.2) is 23.6 Å². The molecule has 0 aliphatic carbocycles. The molecule has 0 rings (SSSR count). The summed E-state index contributed by atoms with van der Waals surface area (Å²) < 4.78 is 0. The summed E-state index contributed by atoms with van der Waals surface area (Å²) in [5.74, 6) is 1.09. The van der Waals surface area contributed by atoms with Crippen LogP contribution in [0.3, 0.4) is 0 Å². The van der Waals surface area contributed by atoms with Gasteiger partial charge in [-0.3, -0.25) is 0 Å². The van der Waals surface area contributed by atoms with Crippen LogP contribution in [0.5, 0.6) is 0 Å². The Balaban J connectivity index is 3.73. The second-order valence-corrected chi connectivity index (χ2v) is 6.30. The minimum Gasteiger partial charge on any atom is -0.409 e. The standard InChI is InChI=1S/C14H31N3O/c1-11(2)7-8-12(3)16-10-6-9-14(4,5)13(15)17-18/h11-12,16,18H,6-10H2,1-5H3,(H2,15,17). The van der Waals surface area contributed by atoms with E-state index in [-0.39, 0.29) is 5.41 Å². The fourth-order valence-electron chi connectivity index (χ4n) is 1.83. The van der Waals surface area contributed by atoms with E-state index in [9.17, 15) is 0 Å². The molecule has 1 unspecified atom stereocenters. The summed E-state index contributed by atoms with van der Waals surface area (Å²) in [7, 11) is 0. The molecule has 0 saturated heterocycles. The average Bonchev–Trinajstić information content (AvgIpc) is 2.30. The van der Waals surface area contributed by atoms with E-state index in [2.05, 4.69) is 31.2 Å². The highest BCUT2D eigenvalue weighted by Crippen LogP contribution is 2.22. The molecule has 108 valence electrons. The van der Waals surface area contributed by atoms with Crippen LogP contribution in [0.4, 0.5) is 0 Å². The van der Waals surface area contributed by atoms with Gasteiger partial charge in [0.05, 0.1) is 0 Å². The summed E-state index contributed by atoms with van der Waals surface area (Å²) in [4.78, 5) is 0. The predicted molar refractivity (Wildman–Crippen MR) is 78.0 cm³/mol. The molecule has 0 radical (unpaired) electrons. The van der Waals surface area contributed by atoms with Crippen molar-refractivity contribution in [2.75, 3.05) is 6.54 Å². The highest BCUT2D eigenvalue weighted by molar-refractivity contribution is 5.85.